The lowest BCUT2D eigenvalue weighted by Crippen LogP contribution is -2.43. The summed E-state index contributed by atoms with van der Waals surface area (Å²) in [7, 11) is 0. The van der Waals surface area contributed by atoms with E-state index >= 15 is 0 Å². The minimum atomic E-state index is -0.311. The Hall–Kier alpha value is -2.35. The van der Waals surface area contributed by atoms with E-state index in [1.165, 1.54) is 11.8 Å². The molecule has 0 saturated carbocycles. The van der Waals surface area contributed by atoms with Crippen molar-refractivity contribution in [3.63, 3.8) is 0 Å². The molecule has 0 fully saturated rings. The van der Waals surface area contributed by atoms with Crippen LogP contribution in [0.1, 0.15) is 18.3 Å². The third kappa shape index (κ3) is 5.21. The summed E-state index contributed by atoms with van der Waals surface area (Å²) in [4.78, 5) is 27.5. The maximum atomic E-state index is 11.7. The number of benzene rings is 1. The number of rotatable bonds is 6. The van der Waals surface area contributed by atoms with Gasteiger partial charge < -0.3 is 0 Å². The standard InChI is InChI=1S/C14H17N5O2S/c1-2-11-15-14(19-16-11)22-9-13(21)18-17-12(20)8-10-6-4-3-5-7-10/h3-7H,2,8-9H2,1H3,(H,17,20)(H,18,21)(H,15,16,19). The van der Waals surface area contributed by atoms with Crippen LogP contribution in [0.25, 0.3) is 0 Å². The molecule has 1 heterocycles. The Morgan fingerprint density at radius 1 is 1.18 bits per heavy atom. The predicted octanol–water partition coefficient (Wildman–Crippen LogP) is 0.849. The van der Waals surface area contributed by atoms with Gasteiger partial charge in [0, 0.05) is 6.42 Å². The Morgan fingerprint density at radius 3 is 2.59 bits per heavy atom. The van der Waals surface area contributed by atoms with Gasteiger partial charge in [-0.05, 0) is 5.56 Å². The highest BCUT2D eigenvalue weighted by molar-refractivity contribution is 7.99. The van der Waals surface area contributed by atoms with Crippen molar-refractivity contribution < 1.29 is 9.59 Å². The van der Waals surface area contributed by atoms with E-state index in [4.69, 9.17) is 0 Å². The predicted molar refractivity (Wildman–Crippen MR) is 82.9 cm³/mol. The molecule has 0 aliphatic heterocycles. The number of H-pyrrole nitrogens is 1. The van der Waals surface area contributed by atoms with Gasteiger partial charge in [-0.1, -0.05) is 49.0 Å². The number of nitrogens with zero attached hydrogens (tertiary/aromatic N) is 2. The van der Waals surface area contributed by atoms with Crippen molar-refractivity contribution in [2.45, 2.75) is 24.9 Å². The molecule has 0 aliphatic carbocycles. The van der Waals surface area contributed by atoms with Crippen LogP contribution in [0.4, 0.5) is 0 Å². The Kier molecular flexibility index (Phi) is 5.96. The third-order valence-corrected chi connectivity index (χ3v) is 3.57. The molecule has 116 valence electrons. The van der Waals surface area contributed by atoms with Gasteiger partial charge >= 0.3 is 0 Å². The van der Waals surface area contributed by atoms with Crippen molar-refractivity contribution in [1.82, 2.24) is 26.0 Å². The minimum absolute atomic E-state index is 0.132. The molecule has 0 saturated heterocycles. The van der Waals surface area contributed by atoms with Crippen LogP contribution in [0, 0.1) is 0 Å². The van der Waals surface area contributed by atoms with E-state index < -0.39 is 0 Å². The summed E-state index contributed by atoms with van der Waals surface area (Å²) in [5.41, 5.74) is 5.64. The molecule has 0 bridgehead atoms. The van der Waals surface area contributed by atoms with Crippen molar-refractivity contribution in [2.75, 3.05) is 5.75 Å². The highest BCUT2D eigenvalue weighted by Gasteiger charge is 2.08. The molecule has 1 aromatic carbocycles. The fourth-order valence-corrected chi connectivity index (χ4v) is 2.25. The van der Waals surface area contributed by atoms with Crippen molar-refractivity contribution in [3.8, 4) is 0 Å². The highest BCUT2D eigenvalue weighted by atomic mass is 32.2. The van der Waals surface area contributed by atoms with Gasteiger partial charge in [0.2, 0.25) is 17.0 Å². The summed E-state index contributed by atoms with van der Waals surface area (Å²) < 4.78 is 0. The Balaban J connectivity index is 1.67. The van der Waals surface area contributed by atoms with E-state index in [9.17, 15) is 9.59 Å². The molecular weight excluding hydrogens is 302 g/mol. The van der Waals surface area contributed by atoms with Crippen LogP contribution < -0.4 is 10.9 Å². The lowest BCUT2D eigenvalue weighted by atomic mass is 10.1. The van der Waals surface area contributed by atoms with Crippen LogP contribution in [-0.4, -0.2) is 32.7 Å². The molecule has 2 aromatic rings. The molecule has 0 spiro atoms. The number of hydrogen-bond acceptors (Lipinski definition) is 5. The quantitative estimate of drug-likeness (QED) is 0.541. The summed E-state index contributed by atoms with van der Waals surface area (Å²) in [5, 5.41) is 7.26. The Bertz CT molecular complexity index is 629. The Morgan fingerprint density at radius 2 is 1.91 bits per heavy atom. The fourth-order valence-electron chi connectivity index (χ4n) is 1.63. The van der Waals surface area contributed by atoms with Crippen LogP contribution in [0.3, 0.4) is 0 Å². The number of hydrogen-bond donors (Lipinski definition) is 3. The number of nitrogens with one attached hydrogen (secondary N) is 3. The van der Waals surface area contributed by atoms with E-state index in [0.29, 0.717) is 5.16 Å². The van der Waals surface area contributed by atoms with Gasteiger partial charge in [0.05, 0.1) is 12.2 Å². The van der Waals surface area contributed by atoms with Gasteiger partial charge in [-0.25, -0.2) is 4.98 Å². The smallest absolute Gasteiger partial charge is 0.248 e. The summed E-state index contributed by atoms with van der Waals surface area (Å²) >= 11 is 1.20. The monoisotopic (exact) mass is 319 g/mol. The van der Waals surface area contributed by atoms with Crippen molar-refractivity contribution >= 4 is 23.6 Å². The van der Waals surface area contributed by atoms with Crippen LogP contribution in [0.15, 0.2) is 35.5 Å². The molecule has 2 amide bonds. The summed E-state index contributed by atoms with van der Waals surface area (Å²) in [6, 6.07) is 9.31. The number of carbonyl (C=O) groups excluding carboxylic acids is 2. The number of amides is 2. The maximum Gasteiger partial charge on any atom is 0.248 e. The number of aryl methyl sites for hydroxylation is 1. The second-order valence-electron chi connectivity index (χ2n) is 4.47. The average molecular weight is 319 g/mol. The fraction of sp³-hybridized carbons (Fsp3) is 0.286. The van der Waals surface area contributed by atoms with E-state index in [-0.39, 0.29) is 24.0 Å². The van der Waals surface area contributed by atoms with Gasteiger partial charge in [0.15, 0.2) is 0 Å². The second kappa shape index (κ2) is 8.18. The van der Waals surface area contributed by atoms with Gasteiger partial charge in [-0.3, -0.25) is 25.5 Å². The normalized spacial score (nSPS) is 10.2. The zero-order valence-electron chi connectivity index (χ0n) is 12.1. The molecule has 1 aromatic heterocycles. The van der Waals surface area contributed by atoms with E-state index in [2.05, 4.69) is 26.0 Å². The van der Waals surface area contributed by atoms with Gasteiger partial charge in [0.25, 0.3) is 0 Å². The van der Waals surface area contributed by atoms with Crippen molar-refractivity contribution in [3.05, 3.63) is 41.7 Å². The molecule has 0 unspecified atom stereocenters. The molecule has 0 aliphatic rings. The minimum Gasteiger partial charge on any atom is -0.273 e. The number of hydrazine groups is 1. The molecule has 0 atom stereocenters. The number of carbonyl (C=O) groups is 2. The molecule has 3 N–H and O–H groups in total. The zero-order chi connectivity index (χ0) is 15.8. The summed E-state index contributed by atoms with van der Waals surface area (Å²) in [6.07, 6.45) is 0.977. The topological polar surface area (TPSA) is 99.8 Å². The second-order valence-corrected chi connectivity index (χ2v) is 5.41. The SMILES string of the molecule is CCc1nc(SCC(=O)NNC(=O)Cc2ccccc2)n[nH]1. The van der Waals surface area contributed by atoms with E-state index in [1.54, 1.807) is 0 Å². The summed E-state index contributed by atoms with van der Waals surface area (Å²) in [5.74, 6) is 0.330. The number of aromatic nitrogens is 3. The number of aromatic amines is 1. The lowest BCUT2D eigenvalue weighted by Gasteiger charge is -2.06. The average Bonchev–Trinajstić information content (AvgIpc) is 3.00. The molecule has 7 nitrogen and oxygen atoms in total. The van der Waals surface area contributed by atoms with Gasteiger partial charge in [-0.15, -0.1) is 5.10 Å². The largest absolute Gasteiger partial charge is 0.273 e. The van der Waals surface area contributed by atoms with Crippen LogP contribution in [0.2, 0.25) is 0 Å². The molecular formula is C14H17N5O2S. The first-order chi connectivity index (χ1) is 10.7. The molecule has 2 rings (SSSR count). The molecule has 22 heavy (non-hydrogen) atoms. The third-order valence-electron chi connectivity index (χ3n) is 2.73. The van der Waals surface area contributed by atoms with Gasteiger partial charge in [0.1, 0.15) is 5.82 Å². The first-order valence-electron chi connectivity index (χ1n) is 6.83. The maximum absolute atomic E-state index is 11.7. The zero-order valence-corrected chi connectivity index (χ0v) is 12.9. The van der Waals surface area contributed by atoms with Crippen LogP contribution >= 0.6 is 11.8 Å². The molecule has 0 radical (unpaired) electrons. The lowest BCUT2D eigenvalue weighted by molar-refractivity contribution is -0.127. The molecule has 8 heteroatoms. The summed E-state index contributed by atoms with van der Waals surface area (Å²) in [6.45, 7) is 1.96. The van der Waals surface area contributed by atoms with Crippen LogP contribution in [0.5, 0.6) is 0 Å². The number of thioether (sulfide) groups is 1. The van der Waals surface area contributed by atoms with E-state index in [0.717, 1.165) is 17.8 Å². The first kappa shape index (κ1) is 16.0. The van der Waals surface area contributed by atoms with Crippen molar-refractivity contribution in [1.29, 1.82) is 0 Å². The van der Waals surface area contributed by atoms with Crippen LogP contribution in [-0.2, 0) is 22.4 Å². The first-order valence-corrected chi connectivity index (χ1v) is 7.81. The van der Waals surface area contributed by atoms with E-state index in [1.807, 2.05) is 37.3 Å². The van der Waals surface area contributed by atoms with Gasteiger partial charge in [-0.2, -0.15) is 0 Å². The Labute approximate surface area is 132 Å². The highest BCUT2D eigenvalue weighted by Crippen LogP contribution is 2.11. The van der Waals surface area contributed by atoms with Crippen molar-refractivity contribution in [2.24, 2.45) is 0 Å².